The van der Waals surface area contributed by atoms with E-state index < -0.39 is 11.5 Å². The zero-order chi connectivity index (χ0) is 11.9. The Labute approximate surface area is 90.0 Å². The quantitative estimate of drug-likeness (QED) is 0.540. The summed E-state index contributed by atoms with van der Waals surface area (Å²) in [5.41, 5.74) is 4.61. The molecule has 1 amide bonds. The summed E-state index contributed by atoms with van der Waals surface area (Å²) in [6.07, 6.45) is 1.88. The molecule has 0 unspecified atom stereocenters. The highest BCUT2D eigenvalue weighted by molar-refractivity contribution is 5.78. The Morgan fingerprint density at radius 3 is 2.40 bits per heavy atom. The molecule has 0 heterocycles. The van der Waals surface area contributed by atoms with Gasteiger partial charge in [-0.25, -0.2) is 0 Å². The van der Waals surface area contributed by atoms with Crippen molar-refractivity contribution in [2.45, 2.75) is 45.1 Å². The van der Waals surface area contributed by atoms with Crippen molar-refractivity contribution in [2.75, 3.05) is 6.54 Å². The van der Waals surface area contributed by atoms with Crippen LogP contribution in [0.25, 0.3) is 0 Å². The Morgan fingerprint density at radius 1 is 1.33 bits per heavy atom. The first-order valence-corrected chi connectivity index (χ1v) is 5.10. The highest BCUT2D eigenvalue weighted by Crippen LogP contribution is 2.08. The fraction of sp³-hybridized carbons (Fsp3) is 0.800. The molecule has 0 atom stereocenters. The molecule has 0 saturated carbocycles. The Balaban J connectivity index is 3.88. The molecule has 0 aliphatic heterocycles. The molecular weight excluding hydrogens is 196 g/mol. The molecule has 0 aromatic rings. The summed E-state index contributed by atoms with van der Waals surface area (Å²) in [4.78, 5) is 21.9. The number of carbonyl (C=O) groups excluding carboxylic acids is 1. The maximum absolute atomic E-state index is 11.4. The minimum Gasteiger partial charge on any atom is -0.481 e. The smallest absolute Gasteiger partial charge is 0.305 e. The maximum atomic E-state index is 11.4. The van der Waals surface area contributed by atoms with E-state index in [2.05, 4.69) is 5.32 Å². The third-order valence-corrected chi connectivity index (χ3v) is 1.93. The van der Waals surface area contributed by atoms with Gasteiger partial charge in [0.1, 0.15) is 0 Å². The van der Waals surface area contributed by atoms with Gasteiger partial charge in [-0.1, -0.05) is 0 Å². The summed E-state index contributed by atoms with van der Waals surface area (Å²) >= 11 is 0. The second-order valence-electron chi connectivity index (χ2n) is 4.25. The summed E-state index contributed by atoms with van der Waals surface area (Å²) in [6.45, 7) is 3.97. The molecule has 0 rings (SSSR count). The van der Waals surface area contributed by atoms with Crippen molar-refractivity contribution in [1.82, 2.24) is 5.32 Å². The summed E-state index contributed by atoms with van der Waals surface area (Å²) in [5.74, 6) is -1.03. The van der Waals surface area contributed by atoms with Gasteiger partial charge in [-0.15, -0.1) is 0 Å². The Hall–Kier alpha value is -1.10. The fourth-order valence-electron chi connectivity index (χ4n) is 1.29. The summed E-state index contributed by atoms with van der Waals surface area (Å²) in [6, 6.07) is 0. The molecule has 15 heavy (non-hydrogen) atoms. The monoisotopic (exact) mass is 216 g/mol. The molecule has 5 nitrogen and oxygen atoms in total. The van der Waals surface area contributed by atoms with Crippen LogP contribution in [0.1, 0.15) is 39.5 Å². The van der Waals surface area contributed by atoms with Crippen LogP contribution in [0, 0.1) is 0 Å². The second-order valence-corrected chi connectivity index (χ2v) is 4.25. The summed E-state index contributed by atoms with van der Waals surface area (Å²) < 4.78 is 0. The van der Waals surface area contributed by atoms with Crippen LogP contribution in [0.5, 0.6) is 0 Å². The molecule has 4 N–H and O–H groups in total. The zero-order valence-electron chi connectivity index (χ0n) is 9.38. The minimum atomic E-state index is -0.915. The topological polar surface area (TPSA) is 92.4 Å². The lowest BCUT2D eigenvalue weighted by atomic mass is 10.0. The standard InChI is InChI=1S/C10H20N2O3/c1-10(2,7-9(14)15)12-8(13)5-3-4-6-11/h3-7,11H2,1-2H3,(H,12,13)(H,14,15). The number of carboxylic acid groups (broad SMARTS) is 1. The van der Waals surface area contributed by atoms with Crippen LogP contribution in [0.3, 0.4) is 0 Å². The predicted octanol–water partition coefficient (Wildman–Crippen LogP) is 0.485. The van der Waals surface area contributed by atoms with Crippen LogP contribution in [0.2, 0.25) is 0 Å². The van der Waals surface area contributed by atoms with Gasteiger partial charge in [-0.2, -0.15) is 0 Å². The van der Waals surface area contributed by atoms with Gasteiger partial charge in [-0.3, -0.25) is 9.59 Å². The third kappa shape index (κ3) is 7.93. The molecule has 0 aliphatic carbocycles. The van der Waals surface area contributed by atoms with Crippen molar-refractivity contribution in [3.63, 3.8) is 0 Å². The van der Waals surface area contributed by atoms with E-state index in [1.807, 2.05) is 0 Å². The molecule has 0 aromatic heterocycles. The van der Waals surface area contributed by atoms with Crippen molar-refractivity contribution in [2.24, 2.45) is 5.73 Å². The van der Waals surface area contributed by atoms with E-state index in [0.717, 1.165) is 12.8 Å². The Bertz CT molecular complexity index is 227. The van der Waals surface area contributed by atoms with E-state index >= 15 is 0 Å². The molecule has 0 aliphatic rings. The molecule has 0 bridgehead atoms. The number of aliphatic carboxylic acids is 1. The number of rotatable bonds is 7. The lowest BCUT2D eigenvalue weighted by Gasteiger charge is -2.24. The van der Waals surface area contributed by atoms with Crippen molar-refractivity contribution < 1.29 is 14.7 Å². The fourth-order valence-corrected chi connectivity index (χ4v) is 1.29. The molecule has 0 radical (unpaired) electrons. The molecule has 88 valence electrons. The van der Waals surface area contributed by atoms with Crippen LogP contribution in [-0.4, -0.2) is 29.1 Å². The number of carboxylic acids is 1. The summed E-state index contributed by atoms with van der Waals surface area (Å²) in [5, 5.41) is 11.3. The Morgan fingerprint density at radius 2 is 1.93 bits per heavy atom. The van der Waals surface area contributed by atoms with Gasteiger partial charge in [0.15, 0.2) is 0 Å². The van der Waals surface area contributed by atoms with Crippen LogP contribution >= 0.6 is 0 Å². The number of hydrogen-bond acceptors (Lipinski definition) is 3. The highest BCUT2D eigenvalue weighted by atomic mass is 16.4. The van der Waals surface area contributed by atoms with E-state index in [1.54, 1.807) is 13.8 Å². The Kier molecular flexibility index (Phi) is 5.93. The highest BCUT2D eigenvalue weighted by Gasteiger charge is 2.23. The van der Waals surface area contributed by atoms with Gasteiger partial charge in [0.2, 0.25) is 5.91 Å². The summed E-state index contributed by atoms with van der Waals surface area (Å²) in [7, 11) is 0. The number of nitrogens with one attached hydrogen (secondary N) is 1. The van der Waals surface area contributed by atoms with Crippen LogP contribution in [-0.2, 0) is 9.59 Å². The molecule has 0 aromatic carbocycles. The third-order valence-electron chi connectivity index (χ3n) is 1.93. The largest absolute Gasteiger partial charge is 0.481 e. The van der Waals surface area contributed by atoms with Crippen LogP contribution in [0.15, 0.2) is 0 Å². The predicted molar refractivity (Wildman–Crippen MR) is 57.4 cm³/mol. The average molecular weight is 216 g/mol. The van der Waals surface area contributed by atoms with Gasteiger partial charge in [0.05, 0.1) is 6.42 Å². The number of nitrogens with two attached hydrogens (primary N) is 1. The maximum Gasteiger partial charge on any atom is 0.305 e. The van der Waals surface area contributed by atoms with Gasteiger partial charge in [0.25, 0.3) is 0 Å². The van der Waals surface area contributed by atoms with Gasteiger partial charge < -0.3 is 16.2 Å². The van der Waals surface area contributed by atoms with Crippen molar-refractivity contribution in [3.8, 4) is 0 Å². The lowest BCUT2D eigenvalue weighted by Crippen LogP contribution is -2.44. The van der Waals surface area contributed by atoms with Gasteiger partial charge in [0, 0.05) is 12.0 Å². The van der Waals surface area contributed by atoms with Crippen LogP contribution < -0.4 is 11.1 Å². The zero-order valence-corrected chi connectivity index (χ0v) is 9.38. The molecule has 0 spiro atoms. The van der Waals surface area contributed by atoms with E-state index in [0.29, 0.717) is 13.0 Å². The van der Waals surface area contributed by atoms with Gasteiger partial charge >= 0.3 is 5.97 Å². The second kappa shape index (κ2) is 6.40. The average Bonchev–Trinajstić information content (AvgIpc) is 2.00. The first-order valence-electron chi connectivity index (χ1n) is 5.10. The first-order chi connectivity index (χ1) is 6.87. The van der Waals surface area contributed by atoms with E-state index in [1.165, 1.54) is 0 Å². The van der Waals surface area contributed by atoms with Crippen molar-refractivity contribution in [1.29, 1.82) is 0 Å². The van der Waals surface area contributed by atoms with Crippen molar-refractivity contribution >= 4 is 11.9 Å². The van der Waals surface area contributed by atoms with Crippen molar-refractivity contribution in [3.05, 3.63) is 0 Å². The molecule has 0 saturated heterocycles. The first kappa shape index (κ1) is 13.9. The number of hydrogen-bond donors (Lipinski definition) is 3. The van der Waals surface area contributed by atoms with Gasteiger partial charge in [-0.05, 0) is 33.2 Å². The number of unbranched alkanes of at least 4 members (excludes halogenated alkanes) is 1. The normalized spacial score (nSPS) is 11.1. The number of amides is 1. The SMILES string of the molecule is CC(C)(CC(=O)O)NC(=O)CCCCN. The minimum absolute atomic E-state index is 0.0738. The molecular formula is C10H20N2O3. The van der Waals surface area contributed by atoms with E-state index in [4.69, 9.17) is 10.8 Å². The molecule has 5 heteroatoms. The van der Waals surface area contributed by atoms with Crippen LogP contribution in [0.4, 0.5) is 0 Å². The number of carbonyl (C=O) groups is 2. The van der Waals surface area contributed by atoms with E-state index in [-0.39, 0.29) is 12.3 Å². The lowest BCUT2D eigenvalue weighted by molar-refractivity contribution is -0.138. The van der Waals surface area contributed by atoms with E-state index in [9.17, 15) is 9.59 Å². The molecule has 0 fully saturated rings.